The molecule has 0 radical (unpaired) electrons. The summed E-state index contributed by atoms with van der Waals surface area (Å²) in [4.78, 5) is 3.53. The normalized spacial score (nSPS) is 17.2. The van der Waals surface area contributed by atoms with Crippen LogP contribution in [0.15, 0.2) is 28.1 Å². The molecule has 3 heterocycles. The molecular weight excluding hydrogens is 258 g/mol. The molecule has 1 fully saturated rings. The molecule has 0 spiro atoms. The summed E-state index contributed by atoms with van der Waals surface area (Å²) < 4.78 is 5.42. The van der Waals surface area contributed by atoms with E-state index in [1.165, 1.54) is 12.8 Å². The van der Waals surface area contributed by atoms with Crippen molar-refractivity contribution in [3.05, 3.63) is 29.3 Å². The highest BCUT2D eigenvalue weighted by Crippen LogP contribution is 2.25. The summed E-state index contributed by atoms with van der Waals surface area (Å²) in [5.41, 5.74) is 1.02. The van der Waals surface area contributed by atoms with Gasteiger partial charge in [0.2, 0.25) is 0 Å². The molecule has 1 aliphatic rings. The smallest absolute Gasteiger partial charge is 0.177 e. The molecular formula is C14H19N3OS. The lowest BCUT2D eigenvalue weighted by Crippen LogP contribution is -2.40. The summed E-state index contributed by atoms with van der Waals surface area (Å²) >= 11 is 1.68. The summed E-state index contributed by atoms with van der Waals surface area (Å²) in [5, 5.41) is 9.63. The van der Waals surface area contributed by atoms with Crippen molar-refractivity contribution in [2.45, 2.75) is 25.4 Å². The first-order chi connectivity index (χ1) is 9.33. The second kappa shape index (κ2) is 5.86. The maximum absolute atomic E-state index is 5.42. The van der Waals surface area contributed by atoms with Gasteiger partial charge in [0.05, 0.1) is 10.6 Å². The number of aromatic nitrogens is 1. The van der Waals surface area contributed by atoms with Gasteiger partial charge in [0.15, 0.2) is 5.76 Å². The Morgan fingerprint density at radius 3 is 3.05 bits per heavy atom. The first-order valence-electron chi connectivity index (χ1n) is 6.73. The van der Waals surface area contributed by atoms with Crippen LogP contribution in [-0.4, -0.2) is 36.2 Å². The summed E-state index contributed by atoms with van der Waals surface area (Å²) in [6.45, 7) is 3.10. The fraction of sp³-hybridized carbons (Fsp3) is 0.500. The minimum absolute atomic E-state index is 0.656. The predicted octanol–water partition coefficient (Wildman–Crippen LogP) is 2.59. The topological polar surface area (TPSA) is 41.3 Å². The Balaban J connectivity index is 1.63. The van der Waals surface area contributed by atoms with Crippen LogP contribution in [0.1, 0.15) is 18.5 Å². The maximum atomic E-state index is 5.42. The zero-order valence-electron chi connectivity index (χ0n) is 11.1. The Kier molecular flexibility index (Phi) is 3.96. The highest BCUT2D eigenvalue weighted by Gasteiger charge is 2.19. The molecule has 0 bridgehead atoms. The number of rotatable bonds is 4. The number of hydrogen-bond acceptors (Lipinski definition) is 5. The summed E-state index contributed by atoms with van der Waals surface area (Å²) in [5.74, 6) is 0.878. The van der Waals surface area contributed by atoms with Crippen LogP contribution in [-0.2, 0) is 6.54 Å². The Hall–Kier alpha value is -1.17. The van der Waals surface area contributed by atoms with Gasteiger partial charge in [-0.3, -0.25) is 4.90 Å². The van der Waals surface area contributed by atoms with Gasteiger partial charge in [0.1, 0.15) is 0 Å². The van der Waals surface area contributed by atoms with Gasteiger partial charge in [-0.2, -0.15) is 0 Å². The van der Waals surface area contributed by atoms with Gasteiger partial charge in [-0.05, 0) is 44.4 Å². The van der Waals surface area contributed by atoms with Gasteiger partial charge in [0, 0.05) is 18.7 Å². The van der Waals surface area contributed by atoms with Gasteiger partial charge in [-0.15, -0.1) is 11.3 Å². The van der Waals surface area contributed by atoms with E-state index in [9.17, 15) is 0 Å². The lowest BCUT2D eigenvalue weighted by Gasteiger charge is -2.30. The molecule has 0 unspecified atom stereocenters. The van der Waals surface area contributed by atoms with E-state index < -0.39 is 0 Å². The van der Waals surface area contributed by atoms with E-state index in [1.807, 2.05) is 6.07 Å². The number of piperidine rings is 1. The van der Waals surface area contributed by atoms with Crippen molar-refractivity contribution in [3.8, 4) is 10.6 Å². The molecule has 5 heteroatoms. The van der Waals surface area contributed by atoms with Crippen molar-refractivity contribution < 1.29 is 4.52 Å². The monoisotopic (exact) mass is 277 g/mol. The van der Waals surface area contributed by atoms with Crippen LogP contribution >= 0.6 is 11.3 Å². The van der Waals surface area contributed by atoms with Crippen molar-refractivity contribution in [3.63, 3.8) is 0 Å². The summed E-state index contributed by atoms with van der Waals surface area (Å²) in [7, 11) is 2.18. The van der Waals surface area contributed by atoms with E-state index in [-0.39, 0.29) is 0 Å². The molecule has 19 heavy (non-hydrogen) atoms. The van der Waals surface area contributed by atoms with E-state index in [0.717, 1.165) is 36.0 Å². The largest absolute Gasteiger partial charge is 0.355 e. The van der Waals surface area contributed by atoms with Crippen molar-refractivity contribution in [1.82, 2.24) is 15.4 Å². The van der Waals surface area contributed by atoms with E-state index in [1.54, 1.807) is 11.3 Å². The summed E-state index contributed by atoms with van der Waals surface area (Å²) in [6, 6.07) is 6.81. The quantitative estimate of drug-likeness (QED) is 0.932. The van der Waals surface area contributed by atoms with Crippen molar-refractivity contribution in [2.75, 3.05) is 20.1 Å². The molecule has 0 aliphatic carbocycles. The second-order valence-corrected chi connectivity index (χ2v) is 6.00. The van der Waals surface area contributed by atoms with E-state index in [2.05, 4.69) is 39.9 Å². The molecule has 2 aromatic rings. The molecule has 102 valence electrons. The van der Waals surface area contributed by atoms with E-state index >= 15 is 0 Å². The molecule has 0 aromatic carbocycles. The number of nitrogens with one attached hydrogen (secondary N) is 1. The highest BCUT2D eigenvalue weighted by atomic mass is 32.1. The SMILES string of the molecule is CN(Cc1cc(-c2cccs2)on1)C1CCNCC1. The van der Waals surface area contributed by atoms with Gasteiger partial charge in [-0.25, -0.2) is 0 Å². The summed E-state index contributed by atoms with van der Waals surface area (Å²) in [6.07, 6.45) is 2.43. The standard InChI is InChI=1S/C14H19N3OS/c1-17(12-4-6-15-7-5-12)10-11-9-13(18-16-11)14-3-2-8-19-14/h2-3,8-9,12,15H,4-7,10H2,1H3. The average molecular weight is 277 g/mol. The van der Waals surface area contributed by atoms with Crippen LogP contribution in [0.2, 0.25) is 0 Å². The van der Waals surface area contributed by atoms with Gasteiger partial charge < -0.3 is 9.84 Å². The van der Waals surface area contributed by atoms with Gasteiger partial charge in [0.25, 0.3) is 0 Å². The highest BCUT2D eigenvalue weighted by molar-refractivity contribution is 7.13. The third-order valence-electron chi connectivity index (χ3n) is 3.67. The zero-order chi connectivity index (χ0) is 13.1. The molecule has 3 rings (SSSR count). The maximum Gasteiger partial charge on any atom is 0.177 e. The Morgan fingerprint density at radius 2 is 2.32 bits per heavy atom. The molecule has 2 aromatic heterocycles. The first-order valence-corrected chi connectivity index (χ1v) is 7.61. The predicted molar refractivity (Wildman–Crippen MR) is 77.2 cm³/mol. The zero-order valence-corrected chi connectivity index (χ0v) is 11.9. The Bertz CT molecular complexity index is 503. The minimum Gasteiger partial charge on any atom is -0.355 e. The molecule has 1 aliphatic heterocycles. The van der Waals surface area contributed by atoms with Crippen LogP contribution < -0.4 is 5.32 Å². The van der Waals surface area contributed by atoms with Crippen LogP contribution in [0.5, 0.6) is 0 Å². The van der Waals surface area contributed by atoms with Crippen molar-refractivity contribution in [2.24, 2.45) is 0 Å². The van der Waals surface area contributed by atoms with Gasteiger partial charge in [-0.1, -0.05) is 11.2 Å². The first kappa shape index (κ1) is 12.8. The number of thiophene rings is 1. The average Bonchev–Trinajstić information content (AvgIpc) is 3.10. The second-order valence-electron chi connectivity index (χ2n) is 5.06. The van der Waals surface area contributed by atoms with Crippen molar-refractivity contribution >= 4 is 11.3 Å². The molecule has 4 nitrogen and oxygen atoms in total. The molecule has 0 atom stereocenters. The Labute approximate surface area is 117 Å². The van der Waals surface area contributed by atoms with Crippen LogP contribution in [0.25, 0.3) is 10.6 Å². The third-order valence-corrected chi connectivity index (χ3v) is 4.55. The third kappa shape index (κ3) is 3.05. The fourth-order valence-electron chi connectivity index (χ4n) is 2.55. The minimum atomic E-state index is 0.656. The molecule has 0 amide bonds. The Morgan fingerprint density at radius 1 is 1.47 bits per heavy atom. The van der Waals surface area contributed by atoms with Crippen LogP contribution in [0, 0.1) is 0 Å². The van der Waals surface area contributed by atoms with Gasteiger partial charge >= 0.3 is 0 Å². The van der Waals surface area contributed by atoms with Crippen LogP contribution in [0.4, 0.5) is 0 Å². The number of hydrogen-bond donors (Lipinski definition) is 1. The lowest BCUT2D eigenvalue weighted by molar-refractivity contribution is 0.187. The van der Waals surface area contributed by atoms with E-state index in [4.69, 9.17) is 4.52 Å². The van der Waals surface area contributed by atoms with Crippen molar-refractivity contribution in [1.29, 1.82) is 0 Å². The number of nitrogens with zero attached hydrogens (tertiary/aromatic N) is 2. The molecule has 1 N–H and O–H groups in total. The van der Waals surface area contributed by atoms with E-state index in [0.29, 0.717) is 6.04 Å². The molecule has 0 saturated carbocycles. The molecule has 1 saturated heterocycles. The van der Waals surface area contributed by atoms with Crippen LogP contribution in [0.3, 0.4) is 0 Å². The fourth-order valence-corrected chi connectivity index (χ4v) is 3.23. The lowest BCUT2D eigenvalue weighted by atomic mass is 10.1.